The van der Waals surface area contributed by atoms with Crippen molar-refractivity contribution in [2.75, 3.05) is 7.11 Å². The first-order chi connectivity index (χ1) is 9.61. The minimum atomic E-state index is 0.539. The molecule has 0 amide bonds. The number of halogens is 2. The van der Waals surface area contributed by atoms with E-state index in [0.29, 0.717) is 14.8 Å². The van der Waals surface area contributed by atoms with Gasteiger partial charge < -0.3 is 9.72 Å². The van der Waals surface area contributed by atoms with Crippen molar-refractivity contribution in [3.63, 3.8) is 0 Å². The number of nitrogens with one attached hydrogen (secondary N) is 1. The van der Waals surface area contributed by atoms with Crippen molar-refractivity contribution in [2.45, 2.75) is 0 Å². The Morgan fingerprint density at radius 2 is 2.00 bits per heavy atom. The highest BCUT2D eigenvalue weighted by atomic mass is 35.5. The molecule has 1 aromatic heterocycles. The number of para-hydroxylation sites is 1. The van der Waals surface area contributed by atoms with Gasteiger partial charge in [0.15, 0.2) is 4.77 Å². The van der Waals surface area contributed by atoms with E-state index in [1.165, 1.54) is 0 Å². The molecule has 0 atom stereocenters. The summed E-state index contributed by atoms with van der Waals surface area (Å²) in [4.78, 5) is 3.15. The molecule has 102 valence electrons. The van der Waals surface area contributed by atoms with Crippen LogP contribution in [0.2, 0.25) is 10.0 Å². The molecule has 0 saturated carbocycles. The number of ether oxygens (including phenoxy) is 1. The van der Waals surface area contributed by atoms with Crippen molar-refractivity contribution >= 4 is 46.5 Å². The molecule has 0 fully saturated rings. The number of benzene rings is 2. The van der Waals surface area contributed by atoms with Crippen molar-refractivity contribution in [2.24, 2.45) is 0 Å². The summed E-state index contributed by atoms with van der Waals surface area (Å²) < 4.78 is 7.75. The molecule has 0 radical (unpaired) electrons. The summed E-state index contributed by atoms with van der Waals surface area (Å²) in [7, 11) is 1.62. The molecule has 0 saturated heterocycles. The normalized spacial score (nSPS) is 10.9. The quantitative estimate of drug-likeness (QED) is 0.672. The van der Waals surface area contributed by atoms with Crippen LogP contribution in [-0.2, 0) is 0 Å². The number of methoxy groups -OCH3 is 1. The fourth-order valence-electron chi connectivity index (χ4n) is 2.18. The van der Waals surface area contributed by atoms with Crippen molar-refractivity contribution in [3.05, 3.63) is 51.2 Å². The van der Waals surface area contributed by atoms with Gasteiger partial charge in [0.05, 0.1) is 23.3 Å². The molecule has 0 aliphatic heterocycles. The second-order valence-corrected chi connectivity index (χ2v) is 5.45. The van der Waals surface area contributed by atoms with Gasteiger partial charge in [-0.05, 0) is 42.5 Å². The summed E-state index contributed by atoms with van der Waals surface area (Å²) in [6.45, 7) is 0. The zero-order valence-electron chi connectivity index (χ0n) is 10.5. The number of H-pyrrole nitrogens is 1. The Bertz CT molecular complexity index is 854. The predicted octanol–water partition coefficient (Wildman–Crippen LogP) is 5.00. The summed E-state index contributed by atoms with van der Waals surface area (Å²) in [5.74, 6) is 0.734. The molecule has 0 aliphatic carbocycles. The van der Waals surface area contributed by atoms with Crippen LogP contribution in [0.3, 0.4) is 0 Å². The van der Waals surface area contributed by atoms with E-state index in [1.807, 2.05) is 28.8 Å². The van der Waals surface area contributed by atoms with Crippen LogP contribution in [0.1, 0.15) is 0 Å². The van der Waals surface area contributed by atoms with E-state index in [2.05, 4.69) is 4.98 Å². The molecular weight excluding hydrogens is 315 g/mol. The minimum absolute atomic E-state index is 0.539. The van der Waals surface area contributed by atoms with E-state index in [1.54, 1.807) is 19.2 Å². The van der Waals surface area contributed by atoms with Crippen LogP contribution >= 0.6 is 35.4 Å². The highest BCUT2D eigenvalue weighted by Gasteiger charge is 2.12. The summed E-state index contributed by atoms with van der Waals surface area (Å²) in [6.07, 6.45) is 0. The van der Waals surface area contributed by atoms with Gasteiger partial charge in [-0.1, -0.05) is 29.3 Å². The molecule has 0 spiro atoms. The van der Waals surface area contributed by atoms with Gasteiger partial charge in [0.25, 0.3) is 0 Å². The van der Waals surface area contributed by atoms with Gasteiger partial charge in [-0.15, -0.1) is 0 Å². The maximum Gasteiger partial charge on any atom is 0.182 e. The van der Waals surface area contributed by atoms with Crippen LogP contribution in [0.5, 0.6) is 5.75 Å². The van der Waals surface area contributed by atoms with Crippen molar-refractivity contribution in [1.29, 1.82) is 0 Å². The third kappa shape index (κ3) is 2.10. The maximum atomic E-state index is 6.27. The molecule has 20 heavy (non-hydrogen) atoms. The first kappa shape index (κ1) is 13.5. The first-order valence-corrected chi connectivity index (χ1v) is 7.01. The largest absolute Gasteiger partial charge is 0.494 e. The summed E-state index contributed by atoms with van der Waals surface area (Å²) >= 11 is 17.6. The Balaban J connectivity index is 2.37. The number of aromatic amines is 1. The van der Waals surface area contributed by atoms with Gasteiger partial charge in [0, 0.05) is 5.02 Å². The standard InChI is InChI=1S/C14H10Cl2N2OS/c1-19-12-4-2-3-11-13(12)17-14(20)18(11)10-6-5-8(15)7-9(10)16/h2-7H,1H3,(H,17,20). The van der Waals surface area contributed by atoms with Gasteiger partial charge in [0.1, 0.15) is 11.3 Å². The summed E-state index contributed by atoms with van der Waals surface area (Å²) in [5.41, 5.74) is 2.52. The number of hydrogen-bond acceptors (Lipinski definition) is 2. The van der Waals surface area contributed by atoms with Crippen LogP contribution in [-0.4, -0.2) is 16.7 Å². The molecule has 0 bridgehead atoms. The van der Waals surface area contributed by atoms with Crippen LogP contribution < -0.4 is 4.74 Å². The van der Waals surface area contributed by atoms with Crippen molar-refractivity contribution in [3.8, 4) is 11.4 Å². The Hall–Kier alpha value is -1.49. The molecule has 1 N–H and O–H groups in total. The average molecular weight is 325 g/mol. The summed E-state index contributed by atoms with van der Waals surface area (Å²) in [5, 5.41) is 1.13. The lowest BCUT2D eigenvalue weighted by Crippen LogP contribution is -1.95. The fraction of sp³-hybridized carbons (Fsp3) is 0.0714. The second-order valence-electron chi connectivity index (χ2n) is 4.22. The lowest BCUT2D eigenvalue weighted by molar-refractivity contribution is 0.419. The Morgan fingerprint density at radius 3 is 2.70 bits per heavy atom. The smallest absolute Gasteiger partial charge is 0.182 e. The van der Waals surface area contributed by atoms with E-state index in [0.717, 1.165) is 22.5 Å². The third-order valence-corrected chi connectivity index (χ3v) is 3.87. The highest BCUT2D eigenvalue weighted by molar-refractivity contribution is 7.71. The topological polar surface area (TPSA) is 29.9 Å². The third-order valence-electron chi connectivity index (χ3n) is 3.05. The van der Waals surface area contributed by atoms with Crippen molar-refractivity contribution in [1.82, 2.24) is 9.55 Å². The fourth-order valence-corrected chi connectivity index (χ4v) is 2.97. The Morgan fingerprint density at radius 1 is 1.20 bits per heavy atom. The van der Waals surface area contributed by atoms with Crippen LogP contribution in [0.25, 0.3) is 16.7 Å². The van der Waals surface area contributed by atoms with Crippen LogP contribution in [0.4, 0.5) is 0 Å². The molecule has 3 nitrogen and oxygen atoms in total. The zero-order chi connectivity index (χ0) is 14.3. The lowest BCUT2D eigenvalue weighted by atomic mass is 10.2. The number of fused-ring (bicyclic) bond motifs is 1. The monoisotopic (exact) mass is 324 g/mol. The maximum absolute atomic E-state index is 6.27. The van der Waals surface area contributed by atoms with E-state index in [4.69, 9.17) is 40.2 Å². The van der Waals surface area contributed by atoms with Gasteiger partial charge in [-0.25, -0.2) is 0 Å². The molecule has 3 rings (SSSR count). The van der Waals surface area contributed by atoms with Gasteiger partial charge in [0.2, 0.25) is 0 Å². The van der Waals surface area contributed by atoms with Gasteiger partial charge >= 0.3 is 0 Å². The number of nitrogens with zero attached hydrogens (tertiary/aromatic N) is 1. The van der Waals surface area contributed by atoms with E-state index in [9.17, 15) is 0 Å². The van der Waals surface area contributed by atoms with Gasteiger partial charge in [-0.3, -0.25) is 4.57 Å². The molecule has 2 aromatic carbocycles. The first-order valence-electron chi connectivity index (χ1n) is 5.85. The predicted molar refractivity (Wildman–Crippen MR) is 85.0 cm³/mol. The molecule has 0 aliphatic rings. The second kappa shape index (κ2) is 5.13. The lowest BCUT2D eigenvalue weighted by Gasteiger charge is -2.08. The number of imidazole rings is 1. The Kier molecular flexibility index (Phi) is 3.46. The zero-order valence-corrected chi connectivity index (χ0v) is 12.8. The number of aromatic nitrogens is 2. The molecule has 3 aromatic rings. The van der Waals surface area contributed by atoms with E-state index < -0.39 is 0 Å². The minimum Gasteiger partial charge on any atom is -0.494 e. The van der Waals surface area contributed by atoms with Gasteiger partial charge in [-0.2, -0.15) is 0 Å². The van der Waals surface area contributed by atoms with E-state index >= 15 is 0 Å². The average Bonchev–Trinajstić information content (AvgIpc) is 2.75. The Labute approximate surface area is 130 Å². The SMILES string of the molecule is COc1cccc2c1[nH]c(=S)n2-c1ccc(Cl)cc1Cl. The molecular formula is C14H10Cl2N2OS. The summed E-state index contributed by atoms with van der Waals surface area (Å²) in [6, 6.07) is 11.1. The number of rotatable bonds is 2. The number of hydrogen-bond donors (Lipinski definition) is 1. The van der Waals surface area contributed by atoms with E-state index in [-0.39, 0.29) is 0 Å². The molecule has 1 heterocycles. The highest BCUT2D eigenvalue weighted by Crippen LogP contribution is 2.31. The molecule has 6 heteroatoms. The van der Waals surface area contributed by atoms with Crippen LogP contribution in [0.15, 0.2) is 36.4 Å². The van der Waals surface area contributed by atoms with Crippen LogP contribution in [0, 0.1) is 4.77 Å². The molecule has 0 unspecified atom stereocenters. The van der Waals surface area contributed by atoms with Crippen molar-refractivity contribution < 1.29 is 4.74 Å².